The highest BCUT2D eigenvalue weighted by atomic mass is 35.5. The molecule has 21 heavy (non-hydrogen) atoms. The van der Waals surface area contributed by atoms with Gasteiger partial charge in [0.15, 0.2) is 0 Å². The van der Waals surface area contributed by atoms with Crippen LogP contribution in [0.2, 0.25) is 5.02 Å². The van der Waals surface area contributed by atoms with E-state index in [0.717, 1.165) is 24.4 Å². The van der Waals surface area contributed by atoms with E-state index in [9.17, 15) is 4.39 Å². The summed E-state index contributed by atoms with van der Waals surface area (Å²) in [4.78, 5) is 0. The van der Waals surface area contributed by atoms with Gasteiger partial charge in [0.05, 0.1) is 11.7 Å². The summed E-state index contributed by atoms with van der Waals surface area (Å²) < 4.78 is 16.0. The van der Waals surface area contributed by atoms with Crippen LogP contribution in [-0.2, 0) is 19.4 Å². The van der Waals surface area contributed by atoms with Crippen molar-refractivity contribution in [3.63, 3.8) is 0 Å². The summed E-state index contributed by atoms with van der Waals surface area (Å²) in [6.45, 7) is 4.84. The zero-order valence-corrected chi connectivity index (χ0v) is 13.0. The van der Waals surface area contributed by atoms with Gasteiger partial charge < -0.3 is 0 Å². The van der Waals surface area contributed by atoms with Crippen LogP contribution in [0, 0.1) is 5.82 Å². The number of rotatable bonds is 6. The van der Waals surface area contributed by atoms with Gasteiger partial charge in [-0.1, -0.05) is 24.6 Å². The number of aryl methyl sites for hydroxylation is 2. The first-order chi connectivity index (χ1) is 10.1. The van der Waals surface area contributed by atoms with E-state index >= 15 is 0 Å². The molecule has 0 radical (unpaired) electrons. The Morgan fingerprint density at radius 1 is 1.43 bits per heavy atom. The van der Waals surface area contributed by atoms with Crippen LogP contribution in [0.25, 0.3) is 0 Å². The second kappa shape index (κ2) is 7.02. The van der Waals surface area contributed by atoms with Gasteiger partial charge in [-0.05, 0) is 31.5 Å². The topological polar surface area (TPSA) is 55.9 Å². The molecule has 0 aliphatic rings. The van der Waals surface area contributed by atoms with Crippen molar-refractivity contribution in [3.05, 3.63) is 52.1 Å². The standard InChI is InChI=1S/C15H20ClFN4/c1-3-10-8-11(21(4-2)20-10)9-14(19-18)15-12(16)6-5-7-13(15)17/h5-8,14,19H,3-4,9,18H2,1-2H3. The summed E-state index contributed by atoms with van der Waals surface area (Å²) >= 11 is 6.12. The van der Waals surface area contributed by atoms with E-state index in [2.05, 4.69) is 17.4 Å². The van der Waals surface area contributed by atoms with Gasteiger partial charge in [-0.25, -0.2) is 4.39 Å². The number of nitrogens with one attached hydrogen (secondary N) is 1. The molecule has 1 heterocycles. The van der Waals surface area contributed by atoms with Crippen molar-refractivity contribution in [1.82, 2.24) is 15.2 Å². The second-order valence-corrected chi connectivity index (χ2v) is 5.26. The molecule has 114 valence electrons. The molecule has 4 nitrogen and oxygen atoms in total. The summed E-state index contributed by atoms with van der Waals surface area (Å²) in [5, 5.41) is 4.87. The second-order valence-electron chi connectivity index (χ2n) is 4.86. The first-order valence-corrected chi connectivity index (χ1v) is 7.44. The van der Waals surface area contributed by atoms with E-state index in [1.165, 1.54) is 6.07 Å². The first kappa shape index (κ1) is 15.9. The van der Waals surface area contributed by atoms with Crippen molar-refractivity contribution in [2.24, 2.45) is 5.84 Å². The lowest BCUT2D eigenvalue weighted by Crippen LogP contribution is -2.31. The molecule has 1 unspecified atom stereocenters. The molecule has 3 N–H and O–H groups in total. The Morgan fingerprint density at radius 3 is 2.76 bits per heavy atom. The number of nitrogens with two attached hydrogens (primary N) is 1. The van der Waals surface area contributed by atoms with Crippen molar-refractivity contribution in [3.8, 4) is 0 Å². The number of aromatic nitrogens is 2. The van der Waals surface area contributed by atoms with Crippen molar-refractivity contribution in [2.45, 2.75) is 39.3 Å². The monoisotopic (exact) mass is 310 g/mol. The molecule has 1 aromatic heterocycles. The molecule has 0 saturated carbocycles. The Labute approximate surface area is 129 Å². The molecule has 0 aliphatic carbocycles. The summed E-state index contributed by atoms with van der Waals surface area (Å²) in [5.41, 5.74) is 5.08. The van der Waals surface area contributed by atoms with Crippen LogP contribution in [0.1, 0.15) is 36.8 Å². The lowest BCUT2D eigenvalue weighted by Gasteiger charge is -2.18. The minimum absolute atomic E-state index is 0.358. The van der Waals surface area contributed by atoms with Gasteiger partial charge in [0, 0.05) is 29.2 Å². The Morgan fingerprint density at radius 2 is 2.19 bits per heavy atom. The Kier molecular flexibility index (Phi) is 5.33. The van der Waals surface area contributed by atoms with E-state index in [0.29, 0.717) is 17.0 Å². The van der Waals surface area contributed by atoms with E-state index in [-0.39, 0.29) is 5.82 Å². The first-order valence-electron chi connectivity index (χ1n) is 7.06. The largest absolute Gasteiger partial charge is 0.271 e. The van der Waals surface area contributed by atoms with Gasteiger partial charge in [-0.3, -0.25) is 16.0 Å². The van der Waals surface area contributed by atoms with E-state index in [4.69, 9.17) is 17.4 Å². The number of benzene rings is 1. The number of hydrogen-bond donors (Lipinski definition) is 2. The average molecular weight is 311 g/mol. The number of halogens is 2. The quantitative estimate of drug-likeness (QED) is 0.637. The minimum atomic E-state index is -0.398. The zero-order chi connectivity index (χ0) is 15.4. The molecule has 0 amide bonds. The maximum atomic E-state index is 14.0. The van der Waals surface area contributed by atoms with Crippen molar-refractivity contribution >= 4 is 11.6 Å². The minimum Gasteiger partial charge on any atom is -0.271 e. The number of hydrogen-bond acceptors (Lipinski definition) is 3. The Balaban J connectivity index is 2.33. The molecule has 0 aliphatic heterocycles. The normalized spacial score (nSPS) is 12.6. The predicted molar refractivity (Wildman–Crippen MR) is 82.5 cm³/mol. The molecule has 1 aromatic carbocycles. The van der Waals surface area contributed by atoms with Crippen LogP contribution >= 0.6 is 11.6 Å². The van der Waals surface area contributed by atoms with Gasteiger partial charge >= 0.3 is 0 Å². The smallest absolute Gasteiger partial charge is 0.129 e. The van der Waals surface area contributed by atoms with Crippen LogP contribution in [0.4, 0.5) is 4.39 Å². The van der Waals surface area contributed by atoms with Gasteiger partial charge in [0.1, 0.15) is 5.82 Å². The number of nitrogens with zero attached hydrogens (tertiary/aromatic N) is 2. The molecule has 0 fully saturated rings. The fraction of sp³-hybridized carbons (Fsp3) is 0.400. The lowest BCUT2D eigenvalue weighted by molar-refractivity contribution is 0.490. The van der Waals surface area contributed by atoms with Crippen molar-refractivity contribution in [2.75, 3.05) is 0 Å². The van der Waals surface area contributed by atoms with E-state index in [1.54, 1.807) is 12.1 Å². The fourth-order valence-electron chi connectivity index (χ4n) is 2.42. The zero-order valence-electron chi connectivity index (χ0n) is 12.2. The summed E-state index contributed by atoms with van der Waals surface area (Å²) in [6, 6.07) is 6.27. The molecular weight excluding hydrogens is 291 g/mol. The number of hydrazine groups is 1. The molecule has 6 heteroatoms. The highest BCUT2D eigenvalue weighted by Crippen LogP contribution is 2.28. The molecular formula is C15H20ClFN4. The van der Waals surface area contributed by atoms with Crippen LogP contribution in [0.5, 0.6) is 0 Å². The van der Waals surface area contributed by atoms with Gasteiger partial charge in [0.25, 0.3) is 0 Å². The van der Waals surface area contributed by atoms with E-state index < -0.39 is 6.04 Å². The van der Waals surface area contributed by atoms with Gasteiger partial charge in [-0.15, -0.1) is 0 Å². The van der Waals surface area contributed by atoms with Crippen molar-refractivity contribution in [1.29, 1.82) is 0 Å². The van der Waals surface area contributed by atoms with Gasteiger partial charge in [-0.2, -0.15) is 5.10 Å². The Hall–Kier alpha value is -1.43. The van der Waals surface area contributed by atoms with Crippen LogP contribution in [-0.4, -0.2) is 9.78 Å². The highest BCUT2D eigenvalue weighted by Gasteiger charge is 2.20. The van der Waals surface area contributed by atoms with Crippen LogP contribution in [0.3, 0.4) is 0 Å². The SMILES string of the molecule is CCc1cc(CC(NN)c2c(F)cccc2Cl)n(CC)n1. The summed E-state index contributed by atoms with van der Waals surface area (Å²) in [5.74, 6) is 5.26. The molecule has 0 spiro atoms. The molecule has 1 atom stereocenters. The predicted octanol–water partition coefficient (Wildman–Crippen LogP) is 3.01. The summed E-state index contributed by atoms with van der Waals surface area (Å²) in [7, 11) is 0. The third kappa shape index (κ3) is 3.43. The third-order valence-corrected chi connectivity index (χ3v) is 3.87. The average Bonchev–Trinajstić information content (AvgIpc) is 2.88. The van der Waals surface area contributed by atoms with Gasteiger partial charge in [0.2, 0.25) is 0 Å². The maximum Gasteiger partial charge on any atom is 0.129 e. The molecule has 2 aromatic rings. The summed E-state index contributed by atoms with van der Waals surface area (Å²) in [6.07, 6.45) is 1.39. The molecule has 0 saturated heterocycles. The lowest BCUT2D eigenvalue weighted by atomic mass is 10.0. The van der Waals surface area contributed by atoms with Crippen LogP contribution in [0.15, 0.2) is 24.3 Å². The van der Waals surface area contributed by atoms with Crippen LogP contribution < -0.4 is 11.3 Å². The Bertz CT molecular complexity index is 591. The fourth-order valence-corrected chi connectivity index (χ4v) is 2.72. The molecule has 0 bridgehead atoms. The van der Waals surface area contributed by atoms with Crippen molar-refractivity contribution < 1.29 is 4.39 Å². The third-order valence-electron chi connectivity index (χ3n) is 3.54. The highest BCUT2D eigenvalue weighted by molar-refractivity contribution is 6.31. The molecule has 2 rings (SSSR count). The van der Waals surface area contributed by atoms with E-state index in [1.807, 2.05) is 17.7 Å². The maximum absolute atomic E-state index is 14.0.